The third-order valence-corrected chi connectivity index (χ3v) is 4.13. The van der Waals surface area contributed by atoms with Crippen LogP contribution in [-0.2, 0) is 0 Å². The van der Waals surface area contributed by atoms with E-state index < -0.39 is 0 Å². The first-order chi connectivity index (χ1) is 8.42. The maximum Gasteiger partial charge on any atom is 0.0543 e. The summed E-state index contributed by atoms with van der Waals surface area (Å²) >= 11 is 0. The molecule has 2 aliphatic heterocycles. The number of nitrogens with one attached hydrogen (secondary N) is 1. The van der Waals surface area contributed by atoms with Gasteiger partial charge >= 0.3 is 0 Å². The van der Waals surface area contributed by atoms with Crippen LogP contribution in [0.4, 0.5) is 0 Å². The molecular weight excluding hydrogens is 212 g/mol. The molecule has 3 rings (SSSR count). The van der Waals surface area contributed by atoms with Crippen LogP contribution in [0.25, 0.3) is 0 Å². The number of hydrogen-bond acceptors (Lipinski definition) is 3. The van der Waals surface area contributed by atoms with Crippen LogP contribution in [0.15, 0.2) is 18.5 Å². The molecule has 4 nitrogen and oxygen atoms in total. The summed E-state index contributed by atoms with van der Waals surface area (Å²) in [7, 11) is 0. The van der Waals surface area contributed by atoms with Crippen molar-refractivity contribution in [2.24, 2.45) is 5.92 Å². The molecule has 0 aromatic carbocycles. The summed E-state index contributed by atoms with van der Waals surface area (Å²) in [5.41, 5.74) is 0. The Morgan fingerprint density at radius 2 is 2.12 bits per heavy atom. The fourth-order valence-electron chi connectivity index (χ4n) is 3.10. The first-order valence-corrected chi connectivity index (χ1v) is 6.84. The quantitative estimate of drug-likeness (QED) is 0.851. The van der Waals surface area contributed by atoms with Gasteiger partial charge in [0.2, 0.25) is 0 Å². The molecule has 1 N–H and O–H groups in total. The van der Waals surface area contributed by atoms with Crippen molar-refractivity contribution in [3.05, 3.63) is 18.5 Å². The fraction of sp³-hybridized carbons (Fsp3) is 0.769. The van der Waals surface area contributed by atoms with E-state index in [4.69, 9.17) is 0 Å². The summed E-state index contributed by atoms with van der Waals surface area (Å²) in [6.45, 7) is 6.20. The van der Waals surface area contributed by atoms with Gasteiger partial charge in [0.15, 0.2) is 0 Å². The Bertz CT molecular complexity index is 321. The minimum Gasteiger partial charge on any atom is -0.316 e. The molecule has 2 aliphatic rings. The minimum atomic E-state index is 0.628. The van der Waals surface area contributed by atoms with Crippen molar-refractivity contribution < 1.29 is 0 Å². The molecule has 0 bridgehead atoms. The molecule has 4 heteroatoms. The third-order valence-electron chi connectivity index (χ3n) is 4.13. The largest absolute Gasteiger partial charge is 0.316 e. The zero-order valence-corrected chi connectivity index (χ0v) is 10.4. The predicted octanol–water partition coefficient (Wildman–Crippen LogP) is 1.13. The van der Waals surface area contributed by atoms with Crippen molar-refractivity contribution in [2.45, 2.75) is 25.3 Å². The Labute approximate surface area is 103 Å². The van der Waals surface area contributed by atoms with E-state index in [1.165, 1.54) is 52.0 Å². The Kier molecular flexibility index (Phi) is 3.43. The minimum absolute atomic E-state index is 0.628. The smallest absolute Gasteiger partial charge is 0.0543 e. The van der Waals surface area contributed by atoms with Crippen LogP contribution >= 0.6 is 0 Å². The summed E-state index contributed by atoms with van der Waals surface area (Å²) in [5, 5.41) is 7.81. The zero-order chi connectivity index (χ0) is 11.5. The summed E-state index contributed by atoms with van der Waals surface area (Å²) < 4.78 is 2.13. The predicted molar refractivity (Wildman–Crippen MR) is 67.9 cm³/mol. The monoisotopic (exact) mass is 234 g/mol. The van der Waals surface area contributed by atoms with Gasteiger partial charge in [0, 0.05) is 32.0 Å². The summed E-state index contributed by atoms with van der Waals surface area (Å²) in [6, 6.07) is 2.65. The van der Waals surface area contributed by atoms with E-state index in [0.29, 0.717) is 6.04 Å². The topological polar surface area (TPSA) is 33.1 Å². The van der Waals surface area contributed by atoms with E-state index in [0.717, 1.165) is 5.92 Å². The van der Waals surface area contributed by atoms with Crippen LogP contribution in [0.5, 0.6) is 0 Å². The van der Waals surface area contributed by atoms with Gasteiger partial charge in [-0.3, -0.25) is 4.68 Å². The molecule has 0 spiro atoms. The molecule has 3 heterocycles. The second kappa shape index (κ2) is 5.19. The van der Waals surface area contributed by atoms with Crippen LogP contribution in [0.3, 0.4) is 0 Å². The van der Waals surface area contributed by atoms with Gasteiger partial charge in [-0.1, -0.05) is 0 Å². The SMILES string of the molecule is c1cnn(C2CCN(CC3CCNC3)CC2)c1. The van der Waals surface area contributed by atoms with E-state index in [1.807, 2.05) is 12.3 Å². The standard InChI is InChI=1S/C13H22N4/c1-5-15-17(7-1)13-3-8-16(9-4-13)11-12-2-6-14-10-12/h1,5,7,12-14H,2-4,6,8-11H2. The fourth-order valence-corrected chi connectivity index (χ4v) is 3.10. The average molecular weight is 234 g/mol. The number of hydrogen-bond donors (Lipinski definition) is 1. The van der Waals surface area contributed by atoms with Crippen molar-refractivity contribution in [2.75, 3.05) is 32.7 Å². The van der Waals surface area contributed by atoms with Crippen molar-refractivity contribution in [3.63, 3.8) is 0 Å². The maximum atomic E-state index is 4.36. The number of aromatic nitrogens is 2. The lowest BCUT2D eigenvalue weighted by molar-refractivity contribution is 0.161. The van der Waals surface area contributed by atoms with Crippen molar-refractivity contribution in [1.82, 2.24) is 20.0 Å². The van der Waals surface area contributed by atoms with Crippen LogP contribution in [0.1, 0.15) is 25.3 Å². The van der Waals surface area contributed by atoms with E-state index in [-0.39, 0.29) is 0 Å². The summed E-state index contributed by atoms with van der Waals surface area (Å²) in [6.07, 6.45) is 7.85. The molecule has 17 heavy (non-hydrogen) atoms. The van der Waals surface area contributed by atoms with Gasteiger partial charge in [-0.2, -0.15) is 5.10 Å². The van der Waals surface area contributed by atoms with E-state index in [9.17, 15) is 0 Å². The van der Waals surface area contributed by atoms with E-state index in [2.05, 4.69) is 26.2 Å². The molecule has 0 aliphatic carbocycles. The van der Waals surface area contributed by atoms with Gasteiger partial charge in [-0.25, -0.2) is 0 Å². The van der Waals surface area contributed by atoms with Gasteiger partial charge in [0.05, 0.1) is 6.04 Å². The molecule has 2 fully saturated rings. The summed E-state index contributed by atoms with van der Waals surface area (Å²) in [5.74, 6) is 0.885. The second-order valence-electron chi connectivity index (χ2n) is 5.38. The second-order valence-corrected chi connectivity index (χ2v) is 5.38. The van der Waals surface area contributed by atoms with Gasteiger partial charge in [0.1, 0.15) is 0 Å². The van der Waals surface area contributed by atoms with Crippen LogP contribution in [0, 0.1) is 5.92 Å². The van der Waals surface area contributed by atoms with Crippen molar-refractivity contribution >= 4 is 0 Å². The lowest BCUT2D eigenvalue weighted by Gasteiger charge is -2.33. The molecule has 0 amide bonds. The summed E-state index contributed by atoms with van der Waals surface area (Å²) in [4.78, 5) is 2.64. The van der Waals surface area contributed by atoms with Crippen LogP contribution in [0.2, 0.25) is 0 Å². The van der Waals surface area contributed by atoms with Crippen LogP contribution in [-0.4, -0.2) is 47.4 Å². The van der Waals surface area contributed by atoms with E-state index >= 15 is 0 Å². The zero-order valence-electron chi connectivity index (χ0n) is 10.4. The van der Waals surface area contributed by atoms with Gasteiger partial charge in [-0.05, 0) is 44.3 Å². The van der Waals surface area contributed by atoms with Gasteiger partial charge < -0.3 is 10.2 Å². The lowest BCUT2D eigenvalue weighted by Crippen LogP contribution is -2.38. The molecule has 1 unspecified atom stereocenters. The third kappa shape index (κ3) is 2.69. The Balaban J connectivity index is 1.47. The molecule has 0 radical (unpaired) electrons. The average Bonchev–Trinajstić information content (AvgIpc) is 3.01. The molecule has 1 aromatic rings. The van der Waals surface area contributed by atoms with Gasteiger partial charge in [0.25, 0.3) is 0 Å². The highest BCUT2D eigenvalue weighted by Gasteiger charge is 2.23. The van der Waals surface area contributed by atoms with Gasteiger partial charge in [-0.15, -0.1) is 0 Å². The Morgan fingerprint density at radius 1 is 1.24 bits per heavy atom. The highest BCUT2D eigenvalue weighted by Crippen LogP contribution is 2.22. The molecule has 94 valence electrons. The van der Waals surface area contributed by atoms with Crippen LogP contribution < -0.4 is 5.32 Å². The number of likely N-dealkylation sites (tertiary alicyclic amines) is 1. The maximum absolute atomic E-state index is 4.36. The normalized spacial score (nSPS) is 27.6. The first kappa shape index (κ1) is 11.2. The highest BCUT2D eigenvalue weighted by atomic mass is 15.3. The Morgan fingerprint density at radius 3 is 2.76 bits per heavy atom. The van der Waals surface area contributed by atoms with E-state index in [1.54, 1.807) is 0 Å². The molecule has 0 saturated carbocycles. The molecule has 1 aromatic heterocycles. The lowest BCUT2D eigenvalue weighted by atomic mass is 10.0. The molecule has 1 atom stereocenters. The number of nitrogens with zero attached hydrogens (tertiary/aromatic N) is 3. The highest BCUT2D eigenvalue weighted by molar-refractivity contribution is 4.85. The first-order valence-electron chi connectivity index (χ1n) is 6.84. The Hall–Kier alpha value is -0.870. The molecule has 2 saturated heterocycles. The van der Waals surface area contributed by atoms with Crippen molar-refractivity contribution in [3.8, 4) is 0 Å². The number of piperidine rings is 1. The number of rotatable bonds is 3. The van der Waals surface area contributed by atoms with Crippen molar-refractivity contribution in [1.29, 1.82) is 0 Å². The molecular formula is C13H22N4.